The molecular weight excluding hydrogens is 226 g/mol. The largest absolute Gasteiger partial charge is 0.444 e. The Labute approximate surface area is 110 Å². The van der Waals surface area contributed by atoms with Crippen molar-refractivity contribution in [2.75, 3.05) is 13.1 Å². The summed E-state index contributed by atoms with van der Waals surface area (Å²) in [6.45, 7) is 8.98. The van der Waals surface area contributed by atoms with Crippen molar-refractivity contribution in [1.82, 2.24) is 4.90 Å². The Morgan fingerprint density at radius 3 is 2.33 bits per heavy atom. The first-order valence-corrected chi connectivity index (χ1v) is 6.44. The predicted molar refractivity (Wildman–Crippen MR) is 73.6 cm³/mol. The van der Waals surface area contributed by atoms with Crippen LogP contribution in [0.5, 0.6) is 0 Å². The third-order valence-electron chi connectivity index (χ3n) is 2.55. The number of carbonyl (C=O) groups is 1. The Hall–Kier alpha value is -1.51. The second-order valence-electron chi connectivity index (χ2n) is 5.30. The van der Waals surface area contributed by atoms with E-state index in [2.05, 4.69) is 12.1 Å². The fourth-order valence-corrected chi connectivity index (χ4v) is 1.61. The molecule has 0 aliphatic rings. The van der Waals surface area contributed by atoms with E-state index in [1.165, 1.54) is 5.56 Å². The van der Waals surface area contributed by atoms with Crippen LogP contribution in [0, 0.1) is 0 Å². The van der Waals surface area contributed by atoms with Crippen molar-refractivity contribution >= 4 is 6.09 Å². The highest BCUT2D eigenvalue weighted by molar-refractivity contribution is 5.68. The summed E-state index contributed by atoms with van der Waals surface area (Å²) in [5, 5.41) is 0. The highest BCUT2D eigenvalue weighted by atomic mass is 16.6. The van der Waals surface area contributed by atoms with E-state index in [1.807, 2.05) is 45.9 Å². The average Bonchev–Trinajstić information content (AvgIpc) is 2.29. The summed E-state index contributed by atoms with van der Waals surface area (Å²) < 4.78 is 5.37. The second-order valence-corrected chi connectivity index (χ2v) is 5.30. The van der Waals surface area contributed by atoms with Crippen LogP contribution in [0.4, 0.5) is 4.79 Å². The van der Waals surface area contributed by atoms with Crippen LogP contribution in [0.1, 0.15) is 33.3 Å². The molecule has 0 unspecified atom stereocenters. The van der Waals surface area contributed by atoms with E-state index in [4.69, 9.17) is 4.74 Å². The SMILES string of the molecule is CCN(CCc1ccccc1)C(=O)OC(C)(C)C. The van der Waals surface area contributed by atoms with E-state index in [1.54, 1.807) is 4.90 Å². The van der Waals surface area contributed by atoms with Crippen LogP contribution in [0.3, 0.4) is 0 Å². The lowest BCUT2D eigenvalue weighted by Crippen LogP contribution is -2.37. The van der Waals surface area contributed by atoms with Gasteiger partial charge in [0.25, 0.3) is 0 Å². The van der Waals surface area contributed by atoms with Gasteiger partial charge in [0.05, 0.1) is 0 Å². The van der Waals surface area contributed by atoms with Gasteiger partial charge in [-0.25, -0.2) is 4.79 Å². The van der Waals surface area contributed by atoms with Crippen LogP contribution in [0.15, 0.2) is 30.3 Å². The smallest absolute Gasteiger partial charge is 0.410 e. The molecule has 0 heterocycles. The van der Waals surface area contributed by atoms with E-state index in [0.717, 1.165) is 6.42 Å². The summed E-state index contributed by atoms with van der Waals surface area (Å²) in [7, 11) is 0. The highest BCUT2D eigenvalue weighted by Crippen LogP contribution is 2.10. The van der Waals surface area contributed by atoms with Crippen molar-refractivity contribution in [2.45, 2.75) is 39.7 Å². The van der Waals surface area contributed by atoms with E-state index < -0.39 is 5.60 Å². The highest BCUT2D eigenvalue weighted by Gasteiger charge is 2.20. The lowest BCUT2D eigenvalue weighted by Gasteiger charge is -2.26. The van der Waals surface area contributed by atoms with Crippen molar-refractivity contribution in [3.05, 3.63) is 35.9 Å². The number of carbonyl (C=O) groups excluding carboxylic acids is 1. The Morgan fingerprint density at radius 1 is 1.22 bits per heavy atom. The molecule has 0 atom stereocenters. The van der Waals surface area contributed by atoms with Crippen LogP contribution in [0.25, 0.3) is 0 Å². The van der Waals surface area contributed by atoms with E-state index in [9.17, 15) is 4.79 Å². The molecule has 1 rings (SSSR count). The summed E-state index contributed by atoms with van der Waals surface area (Å²) in [6.07, 6.45) is 0.620. The molecule has 100 valence electrons. The van der Waals surface area contributed by atoms with Crippen molar-refractivity contribution in [3.8, 4) is 0 Å². The molecule has 0 aliphatic carbocycles. The summed E-state index contributed by atoms with van der Waals surface area (Å²) >= 11 is 0. The van der Waals surface area contributed by atoms with Gasteiger partial charge in [0, 0.05) is 13.1 Å². The molecule has 3 nitrogen and oxygen atoms in total. The number of nitrogens with zero attached hydrogens (tertiary/aromatic N) is 1. The van der Waals surface area contributed by atoms with Crippen LogP contribution >= 0.6 is 0 Å². The summed E-state index contributed by atoms with van der Waals surface area (Å²) in [5.41, 5.74) is 0.802. The van der Waals surface area contributed by atoms with Crippen LogP contribution in [-0.2, 0) is 11.2 Å². The topological polar surface area (TPSA) is 29.5 Å². The monoisotopic (exact) mass is 249 g/mol. The Balaban J connectivity index is 2.50. The van der Waals surface area contributed by atoms with Gasteiger partial charge in [-0.2, -0.15) is 0 Å². The number of rotatable bonds is 4. The lowest BCUT2D eigenvalue weighted by atomic mass is 10.1. The predicted octanol–water partition coefficient (Wildman–Crippen LogP) is 3.49. The van der Waals surface area contributed by atoms with Crippen LogP contribution in [-0.4, -0.2) is 29.7 Å². The molecule has 3 heteroatoms. The maximum Gasteiger partial charge on any atom is 0.410 e. The molecule has 0 saturated heterocycles. The van der Waals surface area contributed by atoms with Gasteiger partial charge in [0.2, 0.25) is 0 Å². The van der Waals surface area contributed by atoms with Gasteiger partial charge in [0.15, 0.2) is 0 Å². The maximum atomic E-state index is 11.9. The maximum absolute atomic E-state index is 11.9. The summed E-state index contributed by atoms with van der Waals surface area (Å²) in [5.74, 6) is 0. The second kappa shape index (κ2) is 6.43. The van der Waals surface area contributed by atoms with Crippen LogP contribution in [0.2, 0.25) is 0 Å². The zero-order valence-electron chi connectivity index (χ0n) is 11.8. The molecule has 0 spiro atoms. The summed E-state index contributed by atoms with van der Waals surface area (Å²) in [4.78, 5) is 13.6. The van der Waals surface area contributed by atoms with Gasteiger partial charge < -0.3 is 9.64 Å². The molecule has 18 heavy (non-hydrogen) atoms. The molecule has 0 saturated carbocycles. The van der Waals surface area contributed by atoms with Crippen molar-refractivity contribution in [1.29, 1.82) is 0 Å². The molecule has 1 aromatic carbocycles. The minimum Gasteiger partial charge on any atom is -0.444 e. The molecule has 1 aromatic rings. The average molecular weight is 249 g/mol. The van der Waals surface area contributed by atoms with Crippen LogP contribution < -0.4 is 0 Å². The summed E-state index contributed by atoms with van der Waals surface area (Å²) in [6, 6.07) is 10.2. The standard InChI is InChI=1S/C15H23NO2/c1-5-16(14(17)18-15(2,3)4)12-11-13-9-7-6-8-10-13/h6-10H,5,11-12H2,1-4H3. The Kier molecular flexibility index (Phi) is 5.20. The zero-order valence-corrected chi connectivity index (χ0v) is 11.8. The minimum absolute atomic E-state index is 0.235. The first-order valence-electron chi connectivity index (χ1n) is 6.44. The minimum atomic E-state index is -0.433. The molecule has 0 aromatic heterocycles. The van der Waals surface area contributed by atoms with Crippen molar-refractivity contribution < 1.29 is 9.53 Å². The quantitative estimate of drug-likeness (QED) is 0.817. The van der Waals surface area contributed by atoms with Gasteiger partial charge in [0.1, 0.15) is 5.60 Å². The number of likely N-dealkylation sites (N-methyl/N-ethyl adjacent to an activating group) is 1. The molecule has 0 fully saturated rings. The Morgan fingerprint density at radius 2 is 1.83 bits per heavy atom. The number of hydrogen-bond acceptors (Lipinski definition) is 2. The van der Waals surface area contributed by atoms with Gasteiger partial charge in [-0.3, -0.25) is 0 Å². The molecule has 1 amide bonds. The third-order valence-corrected chi connectivity index (χ3v) is 2.55. The zero-order chi connectivity index (χ0) is 13.6. The van der Waals surface area contributed by atoms with Gasteiger partial charge in [-0.1, -0.05) is 30.3 Å². The fourth-order valence-electron chi connectivity index (χ4n) is 1.61. The lowest BCUT2D eigenvalue weighted by molar-refractivity contribution is 0.0262. The molecule has 0 aliphatic heterocycles. The van der Waals surface area contributed by atoms with Gasteiger partial charge in [-0.05, 0) is 39.7 Å². The number of benzene rings is 1. The number of hydrogen-bond donors (Lipinski definition) is 0. The van der Waals surface area contributed by atoms with Gasteiger partial charge >= 0.3 is 6.09 Å². The molecule has 0 bridgehead atoms. The first-order chi connectivity index (χ1) is 8.42. The number of ether oxygens (including phenoxy) is 1. The van der Waals surface area contributed by atoms with E-state index in [-0.39, 0.29) is 6.09 Å². The first kappa shape index (κ1) is 14.6. The van der Waals surface area contributed by atoms with Crippen molar-refractivity contribution in [3.63, 3.8) is 0 Å². The fraction of sp³-hybridized carbons (Fsp3) is 0.533. The van der Waals surface area contributed by atoms with Gasteiger partial charge in [-0.15, -0.1) is 0 Å². The van der Waals surface area contributed by atoms with E-state index >= 15 is 0 Å². The molecule has 0 N–H and O–H groups in total. The molecule has 0 radical (unpaired) electrons. The molecular formula is C15H23NO2. The normalized spacial score (nSPS) is 11.1. The number of amides is 1. The van der Waals surface area contributed by atoms with Crippen molar-refractivity contribution in [2.24, 2.45) is 0 Å². The Bertz CT molecular complexity index is 368. The van der Waals surface area contributed by atoms with E-state index in [0.29, 0.717) is 13.1 Å². The third kappa shape index (κ3) is 5.21.